The summed E-state index contributed by atoms with van der Waals surface area (Å²) < 4.78 is 3.62. The van der Waals surface area contributed by atoms with Crippen LogP contribution in [0.3, 0.4) is 0 Å². The quantitative estimate of drug-likeness (QED) is 0.551. The second kappa shape index (κ2) is 5.80. The molecule has 1 unspecified atom stereocenters. The van der Waals surface area contributed by atoms with Gasteiger partial charge in [-0.25, -0.2) is 9.94 Å². The predicted molar refractivity (Wildman–Crippen MR) is 79.7 cm³/mol. The highest BCUT2D eigenvalue weighted by molar-refractivity contribution is 6.31. The molecule has 3 aromatic rings. The van der Waals surface area contributed by atoms with Gasteiger partial charge in [-0.05, 0) is 6.42 Å². The predicted octanol–water partition coefficient (Wildman–Crippen LogP) is 1.54. The van der Waals surface area contributed by atoms with Crippen LogP contribution in [0.25, 0.3) is 5.52 Å². The number of fused-ring (bicyclic) bond motifs is 1. The summed E-state index contributed by atoms with van der Waals surface area (Å²) in [5.41, 5.74) is 5.43. The smallest absolute Gasteiger partial charge is 0.0930 e. The van der Waals surface area contributed by atoms with E-state index in [9.17, 15) is 0 Å². The molecule has 0 amide bonds. The normalized spacial score (nSPS) is 12.9. The van der Waals surface area contributed by atoms with Crippen molar-refractivity contribution in [1.82, 2.24) is 29.8 Å². The molecule has 3 heterocycles. The molecule has 0 bridgehead atoms. The molecule has 3 aromatic heterocycles. The van der Waals surface area contributed by atoms with E-state index in [-0.39, 0.29) is 6.04 Å². The van der Waals surface area contributed by atoms with Crippen LogP contribution in [0.15, 0.2) is 31.0 Å². The Hall–Kier alpha value is -1.96. The van der Waals surface area contributed by atoms with Gasteiger partial charge in [0.1, 0.15) is 0 Å². The van der Waals surface area contributed by atoms with E-state index in [2.05, 4.69) is 27.5 Å². The molecule has 0 aliphatic heterocycles. The highest BCUT2D eigenvalue weighted by Crippen LogP contribution is 2.30. The highest BCUT2D eigenvalue weighted by Gasteiger charge is 2.24. The average Bonchev–Trinajstić information content (AvgIpc) is 3.07. The van der Waals surface area contributed by atoms with Crippen LogP contribution < -0.4 is 11.3 Å². The molecular formula is C13H16ClN7. The molecule has 0 saturated carbocycles. The van der Waals surface area contributed by atoms with Crippen molar-refractivity contribution < 1.29 is 0 Å². The van der Waals surface area contributed by atoms with Crippen molar-refractivity contribution in [2.45, 2.75) is 25.9 Å². The number of halogens is 1. The average molecular weight is 306 g/mol. The summed E-state index contributed by atoms with van der Waals surface area (Å²) >= 11 is 6.30. The molecular weight excluding hydrogens is 290 g/mol. The van der Waals surface area contributed by atoms with Gasteiger partial charge in [-0.3, -0.25) is 15.5 Å². The largest absolute Gasteiger partial charge is 0.271 e. The Kier molecular flexibility index (Phi) is 3.87. The van der Waals surface area contributed by atoms with E-state index in [1.54, 1.807) is 35.5 Å². The topological polar surface area (TPSA) is 86.1 Å². The lowest BCUT2D eigenvalue weighted by Gasteiger charge is -2.17. The molecule has 0 saturated heterocycles. The lowest BCUT2D eigenvalue weighted by Crippen LogP contribution is -2.31. The molecule has 0 aliphatic carbocycles. The van der Waals surface area contributed by atoms with Gasteiger partial charge in [0.15, 0.2) is 0 Å². The number of rotatable bonds is 5. The molecule has 8 heteroatoms. The fraction of sp³-hybridized carbons (Fsp3) is 0.308. The third kappa shape index (κ3) is 2.39. The summed E-state index contributed by atoms with van der Waals surface area (Å²) in [4.78, 5) is 4.14. The molecule has 0 aromatic carbocycles. The van der Waals surface area contributed by atoms with Crippen LogP contribution in [-0.2, 0) is 6.54 Å². The minimum atomic E-state index is -0.298. The van der Waals surface area contributed by atoms with Crippen molar-refractivity contribution in [2.75, 3.05) is 0 Å². The minimum Gasteiger partial charge on any atom is -0.271 e. The molecule has 110 valence electrons. The van der Waals surface area contributed by atoms with Gasteiger partial charge in [0.05, 0.1) is 40.9 Å². The second-order valence-electron chi connectivity index (χ2n) is 4.71. The maximum absolute atomic E-state index is 6.30. The first-order valence-electron chi connectivity index (χ1n) is 6.70. The zero-order valence-electron chi connectivity index (χ0n) is 11.6. The van der Waals surface area contributed by atoms with Gasteiger partial charge in [0.2, 0.25) is 0 Å². The SMILES string of the molecule is CCCn1ncc(Cl)c1C(NN)c1cnn2ccncc12. The van der Waals surface area contributed by atoms with Crippen LogP contribution in [0.4, 0.5) is 0 Å². The van der Waals surface area contributed by atoms with Crippen molar-refractivity contribution >= 4 is 17.1 Å². The Labute approximate surface area is 126 Å². The van der Waals surface area contributed by atoms with Crippen molar-refractivity contribution in [3.63, 3.8) is 0 Å². The first kappa shape index (κ1) is 14.0. The van der Waals surface area contributed by atoms with Crippen LogP contribution in [-0.4, -0.2) is 24.4 Å². The van der Waals surface area contributed by atoms with Gasteiger partial charge in [0, 0.05) is 24.5 Å². The number of hydrazine groups is 1. The molecule has 0 fully saturated rings. The molecule has 0 spiro atoms. The monoisotopic (exact) mass is 305 g/mol. The minimum absolute atomic E-state index is 0.298. The van der Waals surface area contributed by atoms with Crippen LogP contribution in [0.1, 0.15) is 30.6 Å². The van der Waals surface area contributed by atoms with E-state index >= 15 is 0 Å². The van der Waals surface area contributed by atoms with Crippen LogP contribution in [0, 0.1) is 0 Å². The molecule has 3 rings (SSSR count). The van der Waals surface area contributed by atoms with Crippen molar-refractivity contribution in [3.8, 4) is 0 Å². The Bertz CT molecular complexity index is 748. The van der Waals surface area contributed by atoms with Gasteiger partial charge < -0.3 is 0 Å². The van der Waals surface area contributed by atoms with Gasteiger partial charge in [-0.15, -0.1) is 0 Å². The number of nitrogens with two attached hydrogens (primary N) is 1. The summed E-state index contributed by atoms with van der Waals surface area (Å²) in [6.07, 6.45) is 9.59. The van der Waals surface area contributed by atoms with Crippen molar-refractivity contribution in [1.29, 1.82) is 0 Å². The molecule has 21 heavy (non-hydrogen) atoms. The zero-order chi connectivity index (χ0) is 14.8. The number of hydrogen-bond donors (Lipinski definition) is 2. The fourth-order valence-corrected chi connectivity index (χ4v) is 2.69. The lowest BCUT2D eigenvalue weighted by atomic mass is 10.1. The molecule has 0 aliphatic rings. The zero-order valence-corrected chi connectivity index (χ0v) is 12.3. The van der Waals surface area contributed by atoms with E-state index in [0.717, 1.165) is 29.7 Å². The Morgan fingerprint density at radius 3 is 2.95 bits per heavy atom. The summed E-state index contributed by atoms with van der Waals surface area (Å²) in [6.45, 7) is 2.86. The van der Waals surface area contributed by atoms with Crippen molar-refractivity contribution in [2.24, 2.45) is 5.84 Å². The highest BCUT2D eigenvalue weighted by atomic mass is 35.5. The summed E-state index contributed by atoms with van der Waals surface area (Å²) in [5, 5.41) is 9.20. The third-order valence-corrected chi connectivity index (χ3v) is 3.67. The second-order valence-corrected chi connectivity index (χ2v) is 5.11. The maximum Gasteiger partial charge on any atom is 0.0930 e. The van der Waals surface area contributed by atoms with Crippen LogP contribution >= 0.6 is 11.6 Å². The Morgan fingerprint density at radius 2 is 2.19 bits per heavy atom. The van der Waals surface area contributed by atoms with E-state index in [0.29, 0.717) is 5.02 Å². The number of nitrogens with zero attached hydrogens (tertiary/aromatic N) is 5. The molecule has 3 N–H and O–H groups in total. The van der Waals surface area contributed by atoms with E-state index < -0.39 is 0 Å². The number of nitrogens with one attached hydrogen (secondary N) is 1. The van der Waals surface area contributed by atoms with Gasteiger partial charge in [0.25, 0.3) is 0 Å². The van der Waals surface area contributed by atoms with E-state index in [1.165, 1.54) is 0 Å². The van der Waals surface area contributed by atoms with Crippen LogP contribution in [0.5, 0.6) is 0 Å². The standard InChI is InChI=1S/C13H16ClN7/c1-2-4-21-13(10(14)7-18-21)12(19-15)9-6-17-20-5-3-16-8-11(9)20/h3,5-8,12,19H,2,4,15H2,1H3. The first-order valence-corrected chi connectivity index (χ1v) is 7.08. The summed E-state index contributed by atoms with van der Waals surface area (Å²) in [7, 11) is 0. The van der Waals surface area contributed by atoms with Gasteiger partial charge >= 0.3 is 0 Å². The van der Waals surface area contributed by atoms with Crippen LogP contribution in [0.2, 0.25) is 5.02 Å². The molecule has 0 radical (unpaired) electrons. The molecule has 1 atom stereocenters. The van der Waals surface area contributed by atoms with E-state index in [1.807, 2.05) is 4.68 Å². The Balaban J connectivity index is 2.12. The first-order chi connectivity index (χ1) is 10.3. The maximum atomic E-state index is 6.30. The van der Waals surface area contributed by atoms with Crippen molar-refractivity contribution in [3.05, 3.63) is 47.3 Å². The number of hydrogen-bond acceptors (Lipinski definition) is 5. The lowest BCUT2D eigenvalue weighted by molar-refractivity contribution is 0.522. The summed E-state index contributed by atoms with van der Waals surface area (Å²) in [5.74, 6) is 5.77. The number of aryl methyl sites for hydroxylation is 1. The Morgan fingerprint density at radius 1 is 1.33 bits per heavy atom. The molecule has 7 nitrogen and oxygen atoms in total. The van der Waals surface area contributed by atoms with Gasteiger partial charge in [-0.1, -0.05) is 18.5 Å². The van der Waals surface area contributed by atoms with Gasteiger partial charge in [-0.2, -0.15) is 10.2 Å². The van der Waals surface area contributed by atoms with E-state index in [4.69, 9.17) is 17.4 Å². The number of aromatic nitrogens is 5. The summed E-state index contributed by atoms with van der Waals surface area (Å²) in [6, 6.07) is -0.298. The third-order valence-electron chi connectivity index (χ3n) is 3.37. The fourth-order valence-electron chi connectivity index (χ4n) is 2.44.